The first-order valence-electron chi connectivity index (χ1n) is 12.9. The third kappa shape index (κ3) is 6.22. The number of carbonyl (C=O) groups excluding carboxylic acids is 2. The van der Waals surface area contributed by atoms with Crippen molar-refractivity contribution < 1.29 is 19.1 Å². The molecule has 200 valence electrons. The first-order chi connectivity index (χ1) is 18.4. The number of rotatable bonds is 9. The lowest BCUT2D eigenvalue weighted by atomic mass is 10.1. The van der Waals surface area contributed by atoms with E-state index in [1.54, 1.807) is 43.4 Å². The van der Waals surface area contributed by atoms with Gasteiger partial charge in [-0.15, -0.1) is 10.2 Å². The molecule has 9 nitrogen and oxygen atoms in total. The van der Waals surface area contributed by atoms with Gasteiger partial charge in [0.25, 0.3) is 5.91 Å². The second kappa shape index (κ2) is 12.4. The highest BCUT2D eigenvalue weighted by Gasteiger charge is 2.28. The van der Waals surface area contributed by atoms with Crippen molar-refractivity contribution in [2.24, 2.45) is 0 Å². The third-order valence-corrected chi connectivity index (χ3v) is 6.98. The Hall–Kier alpha value is -4.14. The maximum Gasteiger partial charge on any atom is 0.254 e. The molecule has 0 bridgehead atoms. The van der Waals surface area contributed by atoms with Crippen LogP contribution in [-0.2, 0) is 4.79 Å². The highest BCUT2D eigenvalue weighted by Crippen LogP contribution is 2.23. The number of aromatic nitrogens is 2. The van der Waals surface area contributed by atoms with Crippen LogP contribution in [0.25, 0.3) is 11.3 Å². The van der Waals surface area contributed by atoms with Gasteiger partial charge in [-0.05, 0) is 55.8 Å². The van der Waals surface area contributed by atoms with E-state index in [9.17, 15) is 9.59 Å². The van der Waals surface area contributed by atoms with E-state index in [0.717, 1.165) is 29.2 Å². The van der Waals surface area contributed by atoms with Crippen LogP contribution in [0.15, 0.2) is 60.7 Å². The van der Waals surface area contributed by atoms with Crippen LogP contribution in [0, 0.1) is 0 Å². The molecule has 38 heavy (non-hydrogen) atoms. The Balaban J connectivity index is 1.37. The standard InChI is InChI=1S/C29H35N5O4/c1-5-21(2)34(29(36)23-9-7-11-25(19-23)38-4)20-28(35)33-16-14-32(15-17-33)27-13-12-26(30-31-27)22-8-6-10-24(18-22)37-3/h6-13,18-19,21H,5,14-17,20H2,1-4H3. The van der Waals surface area contributed by atoms with E-state index in [-0.39, 0.29) is 24.4 Å². The van der Waals surface area contributed by atoms with Crippen molar-refractivity contribution in [2.45, 2.75) is 26.3 Å². The Labute approximate surface area is 224 Å². The van der Waals surface area contributed by atoms with E-state index in [4.69, 9.17) is 9.47 Å². The van der Waals surface area contributed by atoms with Gasteiger partial charge in [-0.1, -0.05) is 25.1 Å². The summed E-state index contributed by atoms with van der Waals surface area (Å²) in [6, 6.07) is 18.6. The van der Waals surface area contributed by atoms with Crippen LogP contribution in [-0.4, -0.2) is 84.8 Å². The molecule has 1 unspecified atom stereocenters. The molecular weight excluding hydrogens is 482 g/mol. The normalized spacial score (nSPS) is 14.1. The van der Waals surface area contributed by atoms with Crippen molar-refractivity contribution >= 4 is 17.6 Å². The average Bonchev–Trinajstić information content (AvgIpc) is 2.99. The molecule has 1 aliphatic rings. The quantitative estimate of drug-likeness (QED) is 0.427. The van der Waals surface area contributed by atoms with Crippen LogP contribution >= 0.6 is 0 Å². The molecule has 2 heterocycles. The second-order valence-corrected chi connectivity index (χ2v) is 9.30. The summed E-state index contributed by atoms with van der Waals surface area (Å²) in [4.78, 5) is 32.1. The van der Waals surface area contributed by atoms with Gasteiger partial charge in [0.15, 0.2) is 5.82 Å². The first-order valence-corrected chi connectivity index (χ1v) is 12.9. The molecule has 0 N–H and O–H groups in total. The molecule has 0 aliphatic carbocycles. The van der Waals surface area contributed by atoms with Gasteiger partial charge >= 0.3 is 0 Å². The number of hydrogen-bond donors (Lipinski definition) is 0. The molecule has 9 heteroatoms. The Morgan fingerprint density at radius 3 is 2.24 bits per heavy atom. The molecule has 1 fully saturated rings. The van der Waals surface area contributed by atoms with Crippen LogP contribution in [0.3, 0.4) is 0 Å². The van der Waals surface area contributed by atoms with Crippen LogP contribution in [0.2, 0.25) is 0 Å². The number of piperazine rings is 1. The van der Waals surface area contributed by atoms with Crippen molar-refractivity contribution in [3.63, 3.8) is 0 Å². The largest absolute Gasteiger partial charge is 0.497 e. The number of anilines is 1. The number of methoxy groups -OCH3 is 2. The van der Waals surface area contributed by atoms with Crippen molar-refractivity contribution in [3.05, 3.63) is 66.2 Å². The SMILES string of the molecule is CCC(C)N(CC(=O)N1CCN(c2ccc(-c3cccc(OC)c3)nn2)CC1)C(=O)c1cccc(OC)c1. The van der Waals surface area contributed by atoms with Gasteiger partial charge in [0, 0.05) is 43.3 Å². The summed E-state index contributed by atoms with van der Waals surface area (Å²) < 4.78 is 10.6. The number of ether oxygens (including phenoxy) is 2. The van der Waals surface area contributed by atoms with Gasteiger partial charge in [0.2, 0.25) is 5.91 Å². The van der Waals surface area contributed by atoms with E-state index in [1.165, 1.54) is 0 Å². The van der Waals surface area contributed by atoms with Gasteiger partial charge in [0.1, 0.15) is 18.0 Å². The van der Waals surface area contributed by atoms with Crippen LogP contribution in [0.1, 0.15) is 30.6 Å². The molecular formula is C29H35N5O4. The predicted octanol–water partition coefficient (Wildman–Crippen LogP) is 3.75. The monoisotopic (exact) mass is 517 g/mol. The van der Waals surface area contributed by atoms with Gasteiger partial charge in [-0.2, -0.15) is 0 Å². The highest BCUT2D eigenvalue weighted by molar-refractivity contribution is 5.97. The molecule has 1 saturated heterocycles. The lowest BCUT2D eigenvalue weighted by Crippen LogP contribution is -2.53. The molecule has 1 aromatic heterocycles. The minimum atomic E-state index is -0.170. The van der Waals surface area contributed by atoms with Crippen molar-refractivity contribution in [3.8, 4) is 22.8 Å². The summed E-state index contributed by atoms with van der Waals surface area (Å²) >= 11 is 0. The molecule has 0 spiro atoms. The number of benzene rings is 2. The highest BCUT2D eigenvalue weighted by atomic mass is 16.5. The predicted molar refractivity (Wildman–Crippen MR) is 147 cm³/mol. The van der Waals surface area contributed by atoms with Gasteiger partial charge in [0.05, 0.1) is 19.9 Å². The van der Waals surface area contributed by atoms with Crippen LogP contribution in [0.5, 0.6) is 11.5 Å². The maximum atomic E-state index is 13.3. The zero-order valence-electron chi connectivity index (χ0n) is 22.5. The fourth-order valence-corrected chi connectivity index (χ4v) is 4.43. The maximum absolute atomic E-state index is 13.3. The molecule has 0 saturated carbocycles. The number of nitrogens with zero attached hydrogens (tertiary/aromatic N) is 5. The topological polar surface area (TPSA) is 88.1 Å². The number of carbonyl (C=O) groups is 2. The first kappa shape index (κ1) is 26.9. The Kier molecular flexibility index (Phi) is 8.78. The lowest BCUT2D eigenvalue weighted by molar-refractivity contribution is -0.132. The minimum Gasteiger partial charge on any atom is -0.497 e. The minimum absolute atomic E-state index is 0.0418. The summed E-state index contributed by atoms with van der Waals surface area (Å²) in [5.41, 5.74) is 2.22. The Bertz CT molecular complexity index is 1240. The zero-order chi connectivity index (χ0) is 27.1. The third-order valence-electron chi connectivity index (χ3n) is 6.98. The average molecular weight is 518 g/mol. The van der Waals surface area contributed by atoms with Crippen molar-refractivity contribution in [2.75, 3.05) is 51.8 Å². The van der Waals surface area contributed by atoms with E-state index in [0.29, 0.717) is 37.5 Å². The van der Waals surface area contributed by atoms with E-state index in [1.807, 2.05) is 55.1 Å². The molecule has 1 atom stereocenters. The molecule has 4 rings (SSSR count). The van der Waals surface area contributed by atoms with E-state index >= 15 is 0 Å². The number of amides is 2. The van der Waals surface area contributed by atoms with Gasteiger partial charge in [-0.3, -0.25) is 9.59 Å². The summed E-state index contributed by atoms with van der Waals surface area (Å²) in [5, 5.41) is 8.83. The zero-order valence-corrected chi connectivity index (χ0v) is 22.5. The Morgan fingerprint density at radius 1 is 0.921 bits per heavy atom. The fraction of sp³-hybridized carbons (Fsp3) is 0.379. The van der Waals surface area contributed by atoms with Crippen LogP contribution in [0.4, 0.5) is 5.82 Å². The van der Waals surface area contributed by atoms with Gasteiger partial charge in [-0.25, -0.2) is 0 Å². The van der Waals surface area contributed by atoms with Crippen LogP contribution < -0.4 is 14.4 Å². The van der Waals surface area contributed by atoms with E-state index < -0.39 is 0 Å². The summed E-state index contributed by atoms with van der Waals surface area (Å²) in [5.74, 6) is 1.93. The smallest absolute Gasteiger partial charge is 0.254 e. The molecule has 3 aromatic rings. The molecule has 2 amide bonds. The second-order valence-electron chi connectivity index (χ2n) is 9.30. The molecule has 1 aliphatic heterocycles. The fourth-order valence-electron chi connectivity index (χ4n) is 4.43. The number of hydrogen-bond acceptors (Lipinski definition) is 7. The summed E-state index contributed by atoms with van der Waals surface area (Å²) in [7, 11) is 3.21. The van der Waals surface area contributed by atoms with Crippen molar-refractivity contribution in [1.82, 2.24) is 20.0 Å². The van der Waals surface area contributed by atoms with E-state index in [2.05, 4.69) is 15.1 Å². The van der Waals surface area contributed by atoms with Crippen molar-refractivity contribution in [1.29, 1.82) is 0 Å². The Morgan fingerprint density at radius 2 is 1.61 bits per heavy atom. The van der Waals surface area contributed by atoms with Gasteiger partial charge < -0.3 is 24.2 Å². The molecule has 0 radical (unpaired) electrons. The summed E-state index contributed by atoms with van der Waals surface area (Å²) in [6.45, 7) is 6.43. The lowest BCUT2D eigenvalue weighted by Gasteiger charge is -2.37. The summed E-state index contributed by atoms with van der Waals surface area (Å²) in [6.07, 6.45) is 0.751. The molecule has 2 aromatic carbocycles.